The molecule has 0 aliphatic carbocycles. The molecule has 0 atom stereocenters. The Hall–Kier alpha value is -1.60. The first-order valence-corrected chi connectivity index (χ1v) is 8.81. The predicted octanol–water partition coefficient (Wildman–Crippen LogP) is 2.35. The Labute approximate surface area is 128 Å². The molecule has 8 heteroatoms. The number of halogens is 1. The first-order valence-electron chi connectivity index (χ1n) is 6.50. The van der Waals surface area contributed by atoms with Crippen LogP contribution in [0.1, 0.15) is 13.3 Å². The fraction of sp³-hybridized carbons (Fsp3) is 0.385. The van der Waals surface area contributed by atoms with E-state index in [9.17, 15) is 8.42 Å². The van der Waals surface area contributed by atoms with Crippen LogP contribution < -0.4 is 4.90 Å². The van der Waals surface area contributed by atoms with E-state index < -0.39 is 9.05 Å². The number of hydrogen-bond acceptors (Lipinski definition) is 5. The van der Waals surface area contributed by atoms with Crippen molar-refractivity contribution in [2.45, 2.75) is 25.0 Å². The molecule has 2 aromatic rings. The van der Waals surface area contributed by atoms with Gasteiger partial charge in [0.25, 0.3) is 14.2 Å². The van der Waals surface area contributed by atoms with Crippen molar-refractivity contribution in [1.29, 1.82) is 0 Å². The Kier molecular flexibility index (Phi) is 4.53. The Morgan fingerprint density at radius 3 is 2.29 bits per heavy atom. The fourth-order valence-electron chi connectivity index (χ4n) is 2.02. The zero-order chi connectivity index (χ0) is 15.6. The van der Waals surface area contributed by atoms with Gasteiger partial charge in [-0.3, -0.25) is 4.57 Å². The molecule has 0 N–H and O–H groups in total. The summed E-state index contributed by atoms with van der Waals surface area (Å²) in [5, 5.41) is 7.49. The number of benzene rings is 1. The van der Waals surface area contributed by atoms with Crippen molar-refractivity contribution in [2.75, 3.05) is 19.0 Å². The summed E-state index contributed by atoms with van der Waals surface area (Å²) in [5.41, 5.74) is 1.85. The van der Waals surface area contributed by atoms with Gasteiger partial charge in [-0.1, -0.05) is 6.92 Å². The maximum Gasteiger partial charge on any atom is 0.296 e. The molecule has 6 nitrogen and oxygen atoms in total. The normalized spacial score (nSPS) is 11.6. The van der Waals surface area contributed by atoms with Gasteiger partial charge in [0, 0.05) is 42.6 Å². The van der Waals surface area contributed by atoms with Crippen LogP contribution in [-0.4, -0.2) is 37.3 Å². The summed E-state index contributed by atoms with van der Waals surface area (Å²) in [7, 11) is 5.40. The van der Waals surface area contributed by atoms with Crippen LogP contribution in [0, 0.1) is 0 Å². The number of rotatable bonds is 5. The second kappa shape index (κ2) is 6.03. The quantitative estimate of drug-likeness (QED) is 0.788. The number of aromatic nitrogens is 3. The van der Waals surface area contributed by atoms with E-state index in [1.54, 1.807) is 0 Å². The lowest BCUT2D eigenvalue weighted by Gasteiger charge is -2.13. The molecule has 0 unspecified atom stereocenters. The molecule has 1 aromatic heterocycles. The number of hydrogen-bond donors (Lipinski definition) is 0. The first-order chi connectivity index (χ1) is 9.84. The van der Waals surface area contributed by atoms with Gasteiger partial charge in [-0.2, -0.15) is 0 Å². The van der Waals surface area contributed by atoms with Crippen molar-refractivity contribution in [1.82, 2.24) is 14.8 Å². The number of anilines is 1. The van der Waals surface area contributed by atoms with Crippen molar-refractivity contribution < 1.29 is 8.42 Å². The highest BCUT2D eigenvalue weighted by Gasteiger charge is 2.22. The topological polar surface area (TPSA) is 68.1 Å². The van der Waals surface area contributed by atoms with Gasteiger partial charge in [0.15, 0.2) is 5.82 Å². The molecule has 0 saturated heterocycles. The molecular weight excluding hydrogens is 312 g/mol. The molecule has 0 fully saturated rings. The summed E-state index contributed by atoms with van der Waals surface area (Å²) in [6.07, 6.45) is 0.750. The average molecular weight is 329 g/mol. The van der Waals surface area contributed by atoms with Crippen LogP contribution in [0.5, 0.6) is 0 Å². The molecule has 114 valence electrons. The smallest absolute Gasteiger partial charge is 0.296 e. The Balaban J connectivity index is 2.51. The standard InChI is InChI=1S/C13H17ClN4O2S/c1-4-9-18-12(15-16-13(18)21(14,19)20)10-5-7-11(8-6-10)17(2)3/h5-8H,4,9H2,1-3H3. The van der Waals surface area contributed by atoms with Gasteiger partial charge in [0.05, 0.1) is 0 Å². The molecule has 0 radical (unpaired) electrons. The van der Waals surface area contributed by atoms with Crippen molar-refractivity contribution in [3.05, 3.63) is 24.3 Å². The third-order valence-electron chi connectivity index (χ3n) is 3.02. The maximum atomic E-state index is 11.6. The van der Waals surface area contributed by atoms with Crippen LogP contribution in [-0.2, 0) is 15.6 Å². The highest BCUT2D eigenvalue weighted by atomic mass is 35.7. The van der Waals surface area contributed by atoms with E-state index in [1.807, 2.05) is 50.2 Å². The van der Waals surface area contributed by atoms with Crippen LogP contribution in [0.25, 0.3) is 11.4 Å². The van der Waals surface area contributed by atoms with E-state index in [2.05, 4.69) is 10.2 Å². The van der Waals surface area contributed by atoms with Gasteiger partial charge in [-0.15, -0.1) is 10.2 Å². The van der Waals surface area contributed by atoms with Crippen molar-refractivity contribution in [2.24, 2.45) is 0 Å². The van der Waals surface area contributed by atoms with E-state index in [0.29, 0.717) is 12.4 Å². The van der Waals surface area contributed by atoms with Gasteiger partial charge >= 0.3 is 0 Å². The highest BCUT2D eigenvalue weighted by Crippen LogP contribution is 2.24. The van der Waals surface area contributed by atoms with E-state index in [-0.39, 0.29) is 5.16 Å². The summed E-state index contributed by atoms with van der Waals surface area (Å²) >= 11 is 0. The highest BCUT2D eigenvalue weighted by molar-refractivity contribution is 8.13. The van der Waals surface area contributed by atoms with E-state index in [0.717, 1.165) is 17.7 Å². The van der Waals surface area contributed by atoms with Crippen LogP contribution in [0.15, 0.2) is 29.4 Å². The summed E-state index contributed by atoms with van der Waals surface area (Å²) in [4.78, 5) is 1.98. The molecule has 0 spiro atoms. The van der Waals surface area contributed by atoms with Crippen LogP contribution >= 0.6 is 10.7 Å². The molecule has 21 heavy (non-hydrogen) atoms. The van der Waals surface area contributed by atoms with Gasteiger partial charge in [0.2, 0.25) is 0 Å². The lowest BCUT2D eigenvalue weighted by atomic mass is 10.2. The third kappa shape index (κ3) is 3.36. The summed E-state index contributed by atoms with van der Waals surface area (Å²) < 4.78 is 24.6. The maximum absolute atomic E-state index is 11.6. The second-order valence-corrected chi connectivity index (χ2v) is 7.30. The lowest BCUT2D eigenvalue weighted by molar-refractivity contribution is 0.570. The fourth-order valence-corrected chi connectivity index (χ4v) is 2.94. The SMILES string of the molecule is CCCn1c(-c2ccc(N(C)C)cc2)nnc1S(=O)(=O)Cl. The minimum absolute atomic E-state index is 0.210. The number of nitrogens with zero attached hydrogens (tertiary/aromatic N) is 4. The molecule has 2 rings (SSSR count). The molecule has 0 saturated carbocycles. The zero-order valence-electron chi connectivity index (χ0n) is 12.1. The minimum Gasteiger partial charge on any atom is -0.378 e. The van der Waals surface area contributed by atoms with Crippen molar-refractivity contribution >= 4 is 25.4 Å². The predicted molar refractivity (Wildman–Crippen MR) is 83.1 cm³/mol. The van der Waals surface area contributed by atoms with Crippen molar-refractivity contribution in [3.63, 3.8) is 0 Å². The Morgan fingerprint density at radius 1 is 1.19 bits per heavy atom. The molecule has 0 amide bonds. The van der Waals surface area contributed by atoms with E-state index in [4.69, 9.17) is 10.7 Å². The van der Waals surface area contributed by atoms with Gasteiger partial charge in [0.1, 0.15) is 0 Å². The average Bonchev–Trinajstić information content (AvgIpc) is 2.83. The molecule has 1 aromatic carbocycles. The Morgan fingerprint density at radius 2 is 1.81 bits per heavy atom. The zero-order valence-corrected chi connectivity index (χ0v) is 13.7. The van der Waals surface area contributed by atoms with Crippen LogP contribution in [0.4, 0.5) is 5.69 Å². The van der Waals surface area contributed by atoms with E-state index in [1.165, 1.54) is 4.57 Å². The van der Waals surface area contributed by atoms with Gasteiger partial charge in [-0.05, 0) is 30.7 Å². The van der Waals surface area contributed by atoms with Gasteiger partial charge < -0.3 is 4.90 Å². The summed E-state index contributed by atoms with van der Waals surface area (Å²) in [6, 6.07) is 7.65. The first kappa shape index (κ1) is 15.8. The van der Waals surface area contributed by atoms with Crippen LogP contribution in [0.3, 0.4) is 0 Å². The monoisotopic (exact) mass is 328 g/mol. The van der Waals surface area contributed by atoms with Crippen LogP contribution in [0.2, 0.25) is 0 Å². The summed E-state index contributed by atoms with van der Waals surface area (Å²) in [5.74, 6) is 0.501. The molecular formula is C13H17ClN4O2S. The molecule has 0 aliphatic rings. The largest absolute Gasteiger partial charge is 0.378 e. The van der Waals surface area contributed by atoms with E-state index >= 15 is 0 Å². The van der Waals surface area contributed by atoms with Crippen molar-refractivity contribution in [3.8, 4) is 11.4 Å². The Bertz CT molecular complexity index is 723. The summed E-state index contributed by atoms with van der Waals surface area (Å²) in [6.45, 7) is 2.43. The third-order valence-corrected chi connectivity index (χ3v) is 4.18. The van der Waals surface area contributed by atoms with Gasteiger partial charge in [-0.25, -0.2) is 8.42 Å². The minimum atomic E-state index is -3.91. The lowest BCUT2D eigenvalue weighted by Crippen LogP contribution is -2.09. The molecule has 0 bridgehead atoms. The molecule has 1 heterocycles. The second-order valence-electron chi connectivity index (χ2n) is 4.84. The molecule has 0 aliphatic heterocycles.